The molecule has 1 saturated heterocycles. The van der Waals surface area contributed by atoms with Crippen molar-refractivity contribution in [2.24, 2.45) is 0 Å². The van der Waals surface area contributed by atoms with Crippen LogP contribution in [0.5, 0.6) is 0 Å². The van der Waals surface area contributed by atoms with E-state index in [9.17, 15) is 9.59 Å². The second-order valence-corrected chi connectivity index (χ2v) is 7.28. The van der Waals surface area contributed by atoms with Crippen LogP contribution in [0, 0.1) is 0 Å². The van der Waals surface area contributed by atoms with Gasteiger partial charge in [-0.05, 0) is 31.0 Å². The number of rotatable bonds is 5. The minimum Gasteiger partial charge on any atom is -0.378 e. The molecule has 1 fully saturated rings. The van der Waals surface area contributed by atoms with Gasteiger partial charge < -0.3 is 15.0 Å². The Morgan fingerprint density at radius 2 is 1.93 bits per heavy atom. The molecule has 2 aliphatic heterocycles. The smallest absolute Gasteiger partial charge is 0.322 e. The molecule has 2 aliphatic rings. The van der Waals surface area contributed by atoms with E-state index < -0.39 is 6.04 Å². The van der Waals surface area contributed by atoms with Crippen molar-refractivity contribution in [1.82, 2.24) is 15.1 Å². The molecule has 27 heavy (non-hydrogen) atoms. The van der Waals surface area contributed by atoms with Gasteiger partial charge in [0.25, 0.3) is 5.91 Å². The summed E-state index contributed by atoms with van der Waals surface area (Å²) in [4.78, 5) is 29.6. The van der Waals surface area contributed by atoms with Crippen molar-refractivity contribution in [2.45, 2.75) is 32.7 Å². The van der Waals surface area contributed by atoms with Gasteiger partial charge in [-0.15, -0.1) is 0 Å². The highest BCUT2D eigenvalue weighted by atomic mass is 35.5. The summed E-state index contributed by atoms with van der Waals surface area (Å²) in [6, 6.07) is 6.61. The lowest BCUT2D eigenvalue weighted by atomic mass is 9.93. The number of morpholine rings is 1. The van der Waals surface area contributed by atoms with E-state index >= 15 is 0 Å². The van der Waals surface area contributed by atoms with Gasteiger partial charge in [-0.2, -0.15) is 0 Å². The molecule has 0 aromatic heterocycles. The Hall–Kier alpha value is -2.05. The maximum Gasteiger partial charge on any atom is 0.322 e. The zero-order valence-corrected chi connectivity index (χ0v) is 16.6. The number of unbranched alkanes of at least 4 members (excludes halogenated alkanes) is 1. The highest BCUT2D eigenvalue weighted by molar-refractivity contribution is 6.30. The fourth-order valence-electron chi connectivity index (χ4n) is 3.49. The molecule has 1 aromatic carbocycles. The number of allylic oxidation sites excluding steroid dienone is 1. The predicted molar refractivity (Wildman–Crippen MR) is 104 cm³/mol. The minimum atomic E-state index is -0.483. The van der Waals surface area contributed by atoms with Crippen LogP contribution >= 0.6 is 11.6 Å². The van der Waals surface area contributed by atoms with Crippen molar-refractivity contribution in [2.75, 3.05) is 32.8 Å². The number of hydrogen-bond acceptors (Lipinski definition) is 3. The highest BCUT2D eigenvalue weighted by Crippen LogP contribution is 2.32. The summed E-state index contributed by atoms with van der Waals surface area (Å²) in [6.07, 6.45) is 1.86. The van der Waals surface area contributed by atoms with E-state index in [1.54, 1.807) is 21.9 Å². The summed E-state index contributed by atoms with van der Waals surface area (Å²) in [5, 5.41) is 3.64. The molecule has 1 aromatic rings. The lowest BCUT2D eigenvalue weighted by molar-refractivity contribution is -0.131. The fourth-order valence-corrected chi connectivity index (χ4v) is 3.61. The van der Waals surface area contributed by atoms with Crippen LogP contribution in [0.2, 0.25) is 5.02 Å². The summed E-state index contributed by atoms with van der Waals surface area (Å²) < 4.78 is 5.38. The Bertz CT molecular complexity index is 726. The number of halogens is 1. The van der Waals surface area contributed by atoms with Crippen molar-refractivity contribution in [1.29, 1.82) is 0 Å². The van der Waals surface area contributed by atoms with Crippen LogP contribution in [0.3, 0.4) is 0 Å². The number of ether oxygens (including phenoxy) is 1. The van der Waals surface area contributed by atoms with Crippen LogP contribution in [0.25, 0.3) is 0 Å². The third-order valence-electron chi connectivity index (χ3n) is 5.06. The lowest BCUT2D eigenvalue weighted by Crippen LogP contribution is -2.51. The van der Waals surface area contributed by atoms with Gasteiger partial charge in [0, 0.05) is 30.4 Å². The van der Waals surface area contributed by atoms with Gasteiger partial charge >= 0.3 is 6.03 Å². The number of nitrogens with one attached hydrogen (secondary N) is 1. The molecule has 6 nitrogen and oxygen atoms in total. The van der Waals surface area contributed by atoms with Crippen molar-refractivity contribution >= 4 is 23.5 Å². The Labute approximate surface area is 165 Å². The predicted octanol–water partition coefficient (Wildman–Crippen LogP) is 3.34. The molecule has 0 aliphatic carbocycles. The molecule has 7 heteroatoms. The average Bonchev–Trinajstić information content (AvgIpc) is 2.68. The molecule has 0 bridgehead atoms. The maximum atomic E-state index is 13.3. The SMILES string of the molecule is CCCCN1C(=O)N[C@H](c2ccc(Cl)cc2)C(C(=O)N2CCOCC2)=C1C. The summed E-state index contributed by atoms with van der Waals surface area (Å²) in [5.74, 6) is -0.0442. The van der Waals surface area contributed by atoms with Crippen LogP contribution in [0.4, 0.5) is 4.79 Å². The summed E-state index contributed by atoms with van der Waals surface area (Å²) >= 11 is 6.01. The largest absolute Gasteiger partial charge is 0.378 e. The number of hydrogen-bond donors (Lipinski definition) is 1. The van der Waals surface area contributed by atoms with Gasteiger partial charge in [0.2, 0.25) is 0 Å². The van der Waals surface area contributed by atoms with Gasteiger partial charge in [-0.3, -0.25) is 9.69 Å². The minimum absolute atomic E-state index is 0.0442. The molecule has 3 rings (SSSR count). The second kappa shape index (κ2) is 8.76. The van der Waals surface area contributed by atoms with E-state index in [0.717, 1.165) is 24.1 Å². The molecule has 146 valence electrons. The van der Waals surface area contributed by atoms with Gasteiger partial charge in [-0.1, -0.05) is 37.1 Å². The highest BCUT2D eigenvalue weighted by Gasteiger charge is 2.37. The van der Waals surface area contributed by atoms with Crippen molar-refractivity contribution < 1.29 is 14.3 Å². The summed E-state index contributed by atoms with van der Waals surface area (Å²) in [6.45, 7) is 6.74. The normalized spacial score (nSPS) is 20.7. The van der Waals surface area contributed by atoms with Gasteiger partial charge in [0.1, 0.15) is 0 Å². The second-order valence-electron chi connectivity index (χ2n) is 6.84. The molecule has 0 saturated carbocycles. The molecular formula is C20H26ClN3O3. The van der Waals surface area contributed by atoms with Crippen LogP contribution in [-0.2, 0) is 9.53 Å². The van der Waals surface area contributed by atoms with Crippen LogP contribution < -0.4 is 5.32 Å². The monoisotopic (exact) mass is 391 g/mol. The molecule has 0 radical (unpaired) electrons. The van der Waals surface area contributed by atoms with E-state index in [1.807, 2.05) is 19.1 Å². The van der Waals surface area contributed by atoms with Crippen LogP contribution in [0.1, 0.15) is 38.3 Å². The number of amides is 3. The van der Waals surface area contributed by atoms with Crippen molar-refractivity contribution in [3.05, 3.63) is 46.1 Å². The van der Waals surface area contributed by atoms with E-state index in [1.165, 1.54) is 0 Å². The Balaban J connectivity index is 2.00. The van der Waals surface area contributed by atoms with E-state index in [4.69, 9.17) is 16.3 Å². The van der Waals surface area contributed by atoms with Crippen molar-refractivity contribution in [3.63, 3.8) is 0 Å². The first-order chi connectivity index (χ1) is 13.0. The molecule has 3 amide bonds. The lowest BCUT2D eigenvalue weighted by Gasteiger charge is -2.38. The first kappa shape index (κ1) is 19.7. The first-order valence-electron chi connectivity index (χ1n) is 9.44. The number of carbonyl (C=O) groups is 2. The van der Waals surface area contributed by atoms with Gasteiger partial charge in [0.05, 0.1) is 24.8 Å². The zero-order chi connectivity index (χ0) is 19.4. The third kappa shape index (κ3) is 4.28. The number of urea groups is 1. The van der Waals surface area contributed by atoms with Crippen molar-refractivity contribution in [3.8, 4) is 0 Å². The van der Waals surface area contributed by atoms with Crippen LogP contribution in [0.15, 0.2) is 35.5 Å². The molecule has 1 N–H and O–H groups in total. The molecular weight excluding hydrogens is 366 g/mol. The number of nitrogens with zero attached hydrogens (tertiary/aromatic N) is 2. The average molecular weight is 392 g/mol. The van der Waals surface area contributed by atoms with Crippen LogP contribution in [-0.4, -0.2) is 54.6 Å². The Morgan fingerprint density at radius 3 is 2.56 bits per heavy atom. The topological polar surface area (TPSA) is 61.9 Å². The quantitative estimate of drug-likeness (QED) is 0.837. The molecule has 2 heterocycles. The molecule has 0 unspecified atom stereocenters. The zero-order valence-electron chi connectivity index (χ0n) is 15.8. The Morgan fingerprint density at radius 1 is 1.26 bits per heavy atom. The van der Waals surface area contributed by atoms with E-state index in [0.29, 0.717) is 43.4 Å². The summed E-state index contributed by atoms with van der Waals surface area (Å²) in [5.41, 5.74) is 2.19. The molecule has 0 spiro atoms. The van der Waals surface area contributed by atoms with Gasteiger partial charge in [-0.25, -0.2) is 4.79 Å². The fraction of sp³-hybridized carbons (Fsp3) is 0.500. The maximum absolute atomic E-state index is 13.3. The van der Waals surface area contributed by atoms with Gasteiger partial charge in [0.15, 0.2) is 0 Å². The molecule has 1 atom stereocenters. The first-order valence-corrected chi connectivity index (χ1v) is 9.82. The third-order valence-corrected chi connectivity index (χ3v) is 5.32. The number of carbonyl (C=O) groups excluding carboxylic acids is 2. The summed E-state index contributed by atoms with van der Waals surface area (Å²) in [7, 11) is 0. The standard InChI is InChI=1S/C20H26ClN3O3/c1-3-4-9-24-14(2)17(19(25)23-10-12-27-13-11-23)18(22-20(24)26)15-5-7-16(21)8-6-15/h5-8,18H,3-4,9-13H2,1-2H3,(H,22,26)/t18-/m1/s1. The van der Waals surface area contributed by atoms with E-state index in [2.05, 4.69) is 12.2 Å². The van der Waals surface area contributed by atoms with E-state index in [-0.39, 0.29) is 11.9 Å². The number of benzene rings is 1. The Kier molecular flexibility index (Phi) is 6.39.